The molecule has 0 atom stereocenters. The zero-order valence-corrected chi connectivity index (χ0v) is 20.9. The molecular formula is C32H19IO2. The molecule has 0 N–H and O–H groups in total. The summed E-state index contributed by atoms with van der Waals surface area (Å²) in [6.07, 6.45) is 0. The van der Waals surface area contributed by atoms with Gasteiger partial charge in [0.25, 0.3) is 0 Å². The van der Waals surface area contributed by atoms with Crippen LogP contribution in [0.4, 0.5) is 0 Å². The van der Waals surface area contributed by atoms with Crippen LogP contribution in [0.5, 0.6) is 0 Å². The minimum absolute atomic E-state index is 0.804. The molecule has 0 spiro atoms. The molecule has 0 radical (unpaired) electrons. The first kappa shape index (κ1) is 20.5. The van der Waals surface area contributed by atoms with Gasteiger partial charge in [-0.3, -0.25) is 0 Å². The van der Waals surface area contributed by atoms with E-state index in [0.29, 0.717) is 0 Å². The molecule has 2 heterocycles. The molecule has 7 aromatic rings. The molecule has 0 saturated carbocycles. The molecule has 3 heteroatoms. The lowest BCUT2D eigenvalue weighted by Crippen LogP contribution is -1.82. The summed E-state index contributed by atoms with van der Waals surface area (Å²) >= 11 is 2.27. The molecule has 0 saturated heterocycles. The van der Waals surface area contributed by atoms with Crippen LogP contribution in [-0.2, 0) is 0 Å². The van der Waals surface area contributed by atoms with Crippen molar-refractivity contribution in [3.8, 4) is 22.3 Å². The second kappa shape index (κ2) is 7.85. The fourth-order valence-electron chi connectivity index (χ4n) is 4.92. The molecule has 5 aromatic carbocycles. The van der Waals surface area contributed by atoms with Crippen LogP contribution < -0.4 is 0 Å². The first-order valence-corrected chi connectivity index (χ1v) is 12.6. The largest absolute Gasteiger partial charge is 0.452 e. The van der Waals surface area contributed by atoms with Gasteiger partial charge in [-0.1, -0.05) is 73.3 Å². The Hall–Kier alpha value is -3.83. The van der Waals surface area contributed by atoms with Gasteiger partial charge in [0.2, 0.25) is 0 Å². The summed E-state index contributed by atoms with van der Waals surface area (Å²) in [6.45, 7) is 4.06. The van der Waals surface area contributed by atoms with E-state index in [4.69, 9.17) is 8.83 Å². The average Bonchev–Trinajstić information content (AvgIpc) is 3.47. The first-order valence-electron chi connectivity index (χ1n) is 11.5. The Kier molecular flexibility index (Phi) is 4.61. The summed E-state index contributed by atoms with van der Waals surface area (Å²) in [7, 11) is 0. The van der Waals surface area contributed by atoms with E-state index in [2.05, 4.69) is 114 Å². The van der Waals surface area contributed by atoms with Gasteiger partial charge >= 0.3 is 0 Å². The van der Waals surface area contributed by atoms with Gasteiger partial charge in [-0.2, -0.15) is 0 Å². The number of furan rings is 2. The van der Waals surface area contributed by atoms with Gasteiger partial charge in [0.05, 0.1) is 0 Å². The number of hydrogen-bond acceptors (Lipinski definition) is 2. The molecule has 2 nitrogen and oxygen atoms in total. The normalized spacial score (nSPS) is 11.7. The highest BCUT2D eigenvalue weighted by atomic mass is 127. The van der Waals surface area contributed by atoms with E-state index in [1.165, 1.54) is 16.7 Å². The van der Waals surface area contributed by atoms with Gasteiger partial charge < -0.3 is 8.83 Å². The van der Waals surface area contributed by atoms with Gasteiger partial charge in [-0.25, -0.2) is 0 Å². The maximum absolute atomic E-state index is 6.29. The third-order valence-electron chi connectivity index (χ3n) is 6.71. The predicted molar refractivity (Wildman–Crippen MR) is 155 cm³/mol. The van der Waals surface area contributed by atoms with Crippen molar-refractivity contribution >= 4 is 70.0 Å². The topological polar surface area (TPSA) is 26.3 Å². The fraction of sp³-hybridized carbons (Fsp3) is 0. The van der Waals surface area contributed by atoms with Gasteiger partial charge in [0, 0.05) is 25.1 Å². The van der Waals surface area contributed by atoms with Crippen molar-refractivity contribution < 1.29 is 8.83 Å². The second-order valence-corrected chi connectivity index (χ2v) is 10.1. The Morgan fingerprint density at radius 1 is 0.514 bits per heavy atom. The van der Waals surface area contributed by atoms with E-state index in [9.17, 15) is 0 Å². The van der Waals surface area contributed by atoms with E-state index >= 15 is 0 Å². The van der Waals surface area contributed by atoms with Gasteiger partial charge in [0.1, 0.15) is 11.2 Å². The molecule has 0 aliphatic carbocycles. The van der Waals surface area contributed by atoms with Crippen LogP contribution >= 0.6 is 22.6 Å². The third-order valence-corrected chi connectivity index (χ3v) is 7.33. The van der Waals surface area contributed by atoms with Crippen LogP contribution in [0, 0.1) is 0 Å². The zero-order valence-electron chi connectivity index (χ0n) is 18.7. The molecule has 0 bridgehead atoms. The fourth-order valence-corrected chi connectivity index (χ4v) is 5.25. The molecule has 7 rings (SSSR count). The Morgan fingerprint density at radius 2 is 1.11 bits per heavy atom. The van der Waals surface area contributed by atoms with Gasteiger partial charge in [0.15, 0.2) is 11.2 Å². The van der Waals surface area contributed by atoms with Crippen molar-refractivity contribution in [1.29, 1.82) is 0 Å². The van der Waals surface area contributed by atoms with Crippen molar-refractivity contribution in [2.75, 3.05) is 0 Å². The summed E-state index contributed by atoms with van der Waals surface area (Å²) in [5.41, 5.74) is 9.22. The number of halogens is 1. The lowest BCUT2D eigenvalue weighted by Gasteiger charge is -2.07. The average molecular weight is 562 g/mol. The highest BCUT2D eigenvalue weighted by molar-refractivity contribution is 14.1. The minimum Gasteiger partial charge on any atom is -0.452 e. The summed E-state index contributed by atoms with van der Waals surface area (Å²) in [5, 5.41) is 4.36. The lowest BCUT2D eigenvalue weighted by molar-refractivity contribution is 0.633. The van der Waals surface area contributed by atoms with Crippen molar-refractivity contribution in [1.82, 2.24) is 0 Å². The lowest BCUT2D eigenvalue weighted by atomic mass is 9.98. The van der Waals surface area contributed by atoms with Crippen LogP contribution in [0.1, 0.15) is 5.56 Å². The van der Waals surface area contributed by atoms with Crippen molar-refractivity contribution in [3.05, 3.63) is 115 Å². The van der Waals surface area contributed by atoms with E-state index < -0.39 is 0 Å². The Morgan fingerprint density at radius 3 is 1.83 bits per heavy atom. The number of hydrogen-bond donors (Lipinski definition) is 0. The number of rotatable bonds is 3. The maximum atomic E-state index is 6.29. The van der Waals surface area contributed by atoms with Gasteiger partial charge in [-0.15, -0.1) is 0 Å². The Balaban J connectivity index is 1.32. The highest BCUT2D eigenvalue weighted by Gasteiger charge is 2.16. The van der Waals surface area contributed by atoms with E-state index in [-0.39, 0.29) is 0 Å². The van der Waals surface area contributed by atoms with Crippen LogP contribution in [0.25, 0.3) is 69.7 Å². The molecule has 35 heavy (non-hydrogen) atoms. The third kappa shape index (κ3) is 3.30. The van der Waals surface area contributed by atoms with Crippen molar-refractivity contribution in [2.45, 2.75) is 0 Å². The molecule has 0 fully saturated rings. The smallest absolute Gasteiger partial charge is 0.178 e. The van der Waals surface area contributed by atoms with Crippen molar-refractivity contribution in [3.63, 3.8) is 0 Å². The summed E-state index contributed by atoms with van der Waals surface area (Å²) in [5.74, 6) is 0. The number of para-hydroxylation sites is 1. The second-order valence-electron chi connectivity index (χ2n) is 8.79. The predicted octanol–water partition coefficient (Wildman–Crippen LogP) is 10.2. The molecule has 166 valence electrons. The Labute approximate surface area is 215 Å². The molecule has 0 aliphatic heterocycles. The summed E-state index contributed by atoms with van der Waals surface area (Å²) in [6, 6.07) is 36.0. The van der Waals surface area contributed by atoms with Crippen LogP contribution in [0.3, 0.4) is 0 Å². The molecular weight excluding hydrogens is 543 g/mol. The SMILES string of the molecule is C=C(I)c1cccc(-c2ccc(-c3ccc4oc5c(ccc6c7ccccc7oc65)c4c3)cc2)c1. The maximum Gasteiger partial charge on any atom is 0.178 e. The molecule has 0 aliphatic rings. The van der Waals surface area contributed by atoms with E-state index in [0.717, 1.165) is 58.6 Å². The zero-order chi connectivity index (χ0) is 23.5. The van der Waals surface area contributed by atoms with Crippen LogP contribution in [0.2, 0.25) is 0 Å². The van der Waals surface area contributed by atoms with Crippen LogP contribution in [0.15, 0.2) is 119 Å². The quantitative estimate of drug-likeness (QED) is 0.200. The van der Waals surface area contributed by atoms with Crippen molar-refractivity contribution in [2.24, 2.45) is 0 Å². The highest BCUT2D eigenvalue weighted by Crippen LogP contribution is 2.39. The minimum atomic E-state index is 0.804. The molecule has 0 amide bonds. The van der Waals surface area contributed by atoms with Crippen LogP contribution in [-0.4, -0.2) is 0 Å². The molecule has 0 unspecified atom stereocenters. The monoisotopic (exact) mass is 562 g/mol. The van der Waals surface area contributed by atoms with E-state index in [1.807, 2.05) is 18.2 Å². The van der Waals surface area contributed by atoms with E-state index in [1.54, 1.807) is 0 Å². The molecule has 2 aromatic heterocycles. The Bertz CT molecular complexity index is 1920. The standard InChI is InChI=1S/C32H19IO2/c1-19(33)22-5-4-6-23(17-22)20-9-11-21(12-10-20)24-13-16-30-28(18-24)27-15-14-26-25-7-2-3-8-29(25)34-31(26)32(27)35-30/h2-18H,1H2. The first-order chi connectivity index (χ1) is 17.2. The number of fused-ring (bicyclic) bond motifs is 7. The summed E-state index contributed by atoms with van der Waals surface area (Å²) < 4.78 is 13.5. The summed E-state index contributed by atoms with van der Waals surface area (Å²) in [4.78, 5) is 0. The van der Waals surface area contributed by atoms with Gasteiger partial charge in [-0.05, 0) is 86.8 Å². The number of benzene rings is 5.